The number of hydrogen-bond acceptors (Lipinski definition) is 3. The molecule has 0 fully saturated rings. The van der Waals surface area contributed by atoms with Crippen molar-refractivity contribution in [2.45, 2.75) is 6.92 Å². The van der Waals surface area contributed by atoms with E-state index >= 15 is 0 Å². The Balaban J connectivity index is 2.62. The lowest BCUT2D eigenvalue weighted by molar-refractivity contribution is 0.627. The predicted octanol–water partition coefficient (Wildman–Crippen LogP) is 1.76. The third-order valence-corrected chi connectivity index (χ3v) is 2.37. The van der Waals surface area contributed by atoms with Crippen molar-refractivity contribution in [2.24, 2.45) is 0 Å². The van der Waals surface area contributed by atoms with E-state index in [-0.39, 0.29) is 11.4 Å². The zero-order valence-corrected chi connectivity index (χ0v) is 8.99. The van der Waals surface area contributed by atoms with Gasteiger partial charge in [-0.25, -0.2) is 9.37 Å². The number of aryl methyl sites for hydroxylation is 1. The maximum atomic E-state index is 13.1. The predicted molar refractivity (Wildman–Crippen MR) is 59.7 cm³/mol. The Kier molecular flexibility index (Phi) is 2.71. The smallest absolute Gasteiger partial charge is 0.269 e. The molecule has 1 N–H and O–H groups in total. The van der Waals surface area contributed by atoms with Crippen LogP contribution in [0.15, 0.2) is 29.2 Å². The Morgan fingerprint density at radius 3 is 2.88 bits per heavy atom. The summed E-state index contributed by atoms with van der Waals surface area (Å²) >= 11 is 0. The highest BCUT2D eigenvalue weighted by atomic mass is 19.1. The van der Waals surface area contributed by atoms with Gasteiger partial charge in [-0.15, -0.1) is 0 Å². The summed E-state index contributed by atoms with van der Waals surface area (Å²) in [5, 5.41) is 8.61. The van der Waals surface area contributed by atoms with Gasteiger partial charge in [0.2, 0.25) is 0 Å². The van der Waals surface area contributed by atoms with Gasteiger partial charge in [-0.05, 0) is 24.6 Å². The zero-order valence-electron chi connectivity index (χ0n) is 8.99. The molecule has 0 saturated heterocycles. The Hall–Kier alpha value is -2.48. The lowest BCUT2D eigenvalue weighted by Crippen LogP contribution is -2.12. The second-order valence-electron chi connectivity index (χ2n) is 3.55. The quantitative estimate of drug-likeness (QED) is 0.809. The fourth-order valence-electron chi connectivity index (χ4n) is 1.46. The Bertz CT molecular complexity index is 670. The molecular weight excluding hydrogens is 221 g/mol. The van der Waals surface area contributed by atoms with Gasteiger partial charge in [0.05, 0.1) is 6.20 Å². The van der Waals surface area contributed by atoms with Crippen LogP contribution in [0.1, 0.15) is 11.1 Å². The van der Waals surface area contributed by atoms with E-state index in [0.29, 0.717) is 5.56 Å². The van der Waals surface area contributed by atoms with Crippen molar-refractivity contribution in [1.29, 1.82) is 5.26 Å². The second kappa shape index (κ2) is 4.18. The first kappa shape index (κ1) is 11.0. The van der Waals surface area contributed by atoms with Gasteiger partial charge in [-0.1, -0.05) is 6.07 Å². The summed E-state index contributed by atoms with van der Waals surface area (Å²) in [5.41, 5.74) is 0.704. The number of H-pyrrole nitrogens is 1. The monoisotopic (exact) mass is 229 g/mol. The highest BCUT2D eigenvalue weighted by Gasteiger charge is 2.07. The van der Waals surface area contributed by atoms with Crippen molar-refractivity contribution in [3.05, 3.63) is 51.7 Å². The lowest BCUT2D eigenvalue weighted by Gasteiger charge is -2.04. The van der Waals surface area contributed by atoms with E-state index in [0.717, 1.165) is 5.56 Å². The fourth-order valence-corrected chi connectivity index (χ4v) is 1.46. The van der Waals surface area contributed by atoms with Crippen molar-refractivity contribution < 1.29 is 4.39 Å². The van der Waals surface area contributed by atoms with E-state index in [1.54, 1.807) is 19.1 Å². The Morgan fingerprint density at radius 2 is 2.24 bits per heavy atom. The number of rotatable bonds is 1. The minimum Gasteiger partial charge on any atom is -0.305 e. The highest BCUT2D eigenvalue weighted by molar-refractivity contribution is 5.59. The first-order valence-electron chi connectivity index (χ1n) is 4.88. The largest absolute Gasteiger partial charge is 0.305 e. The molecule has 0 bridgehead atoms. The van der Waals surface area contributed by atoms with Gasteiger partial charge >= 0.3 is 0 Å². The summed E-state index contributed by atoms with van der Waals surface area (Å²) in [7, 11) is 0. The second-order valence-corrected chi connectivity index (χ2v) is 3.55. The molecule has 0 unspecified atom stereocenters. The molecule has 1 heterocycles. The summed E-state index contributed by atoms with van der Waals surface area (Å²) in [6.45, 7) is 1.78. The molecule has 0 atom stereocenters. The van der Waals surface area contributed by atoms with Crippen molar-refractivity contribution in [2.75, 3.05) is 0 Å². The van der Waals surface area contributed by atoms with Crippen LogP contribution in [0.4, 0.5) is 4.39 Å². The highest BCUT2D eigenvalue weighted by Crippen LogP contribution is 2.19. The number of nitrogens with zero attached hydrogens (tertiary/aromatic N) is 2. The van der Waals surface area contributed by atoms with Crippen LogP contribution in [-0.2, 0) is 0 Å². The van der Waals surface area contributed by atoms with Crippen LogP contribution in [-0.4, -0.2) is 9.97 Å². The van der Waals surface area contributed by atoms with E-state index < -0.39 is 11.4 Å². The van der Waals surface area contributed by atoms with Crippen LogP contribution in [0.25, 0.3) is 11.4 Å². The molecule has 0 amide bonds. The zero-order chi connectivity index (χ0) is 12.4. The molecule has 5 heteroatoms. The standard InChI is InChI=1S/C12H8FN3O/c1-7-2-3-9(13)4-10(7)11-15-6-8(5-14)12(17)16-11/h2-4,6H,1H3,(H,15,16,17). The van der Waals surface area contributed by atoms with Crippen LogP contribution in [0, 0.1) is 24.1 Å². The maximum Gasteiger partial charge on any atom is 0.269 e. The fraction of sp³-hybridized carbons (Fsp3) is 0.0833. The third kappa shape index (κ3) is 2.06. The number of benzene rings is 1. The number of hydrogen-bond donors (Lipinski definition) is 1. The van der Waals surface area contributed by atoms with E-state index in [4.69, 9.17) is 5.26 Å². The van der Waals surface area contributed by atoms with Crippen LogP contribution in [0.3, 0.4) is 0 Å². The Labute approximate surface area is 96.4 Å². The average molecular weight is 229 g/mol. The van der Waals surface area contributed by atoms with Gasteiger partial charge in [0.25, 0.3) is 5.56 Å². The molecule has 0 aliphatic heterocycles. The van der Waals surface area contributed by atoms with E-state index in [1.807, 2.05) is 0 Å². The summed E-state index contributed by atoms with van der Waals surface area (Å²) < 4.78 is 13.1. The molecule has 84 valence electrons. The van der Waals surface area contributed by atoms with Crippen molar-refractivity contribution in [3.63, 3.8) is 0 Å². The van der Waals surface area contributed by atoms with E-state index in [9.17, 15) is 9.18 Å². The number of aromatic nitrogens is 2. The molecule has 1 aromatic carbocycles. The minimum absolute atomic E-state index is 0.0668. The third-order valence-electron chi connectivity index (χ3n) is 2.37. The summed E-state index contributed by atoms with van der Waals surface area (Å²) in [4.78, 5) is 17.8. The van der Waals surface area contributed by atoms with Crippen LogP contribution in [0.2, 0.25) is 0 Å². The molecule has 0 aliphatic carbocycles. The minimum atomic E-state index is -0.527. The summed E-state index contributed by atoms with van der Waals surface area (Å²) in [6, 6.07) is 5.94. The van der Waals surface area contributed by atoms with Gasteiger partial charge < -0.3 is 4.98 Å². The molecule has 17 heavy (non-hydrogen) atoms. The molecule has 4 nitrogen and oxygen atoms in total. The van der Waals surface area contributed by atoms with Gasteiger partial charge in [0.15, 0.2) is 0 Å². The first-order valence-corrected chi connectivity index (χ1v) is 4.88. The number of aromatic amines is 1. The van der Waals surface area contributed by atoms with E-state index in [1.165, 1.54) is 18.3 Å². The van der Waals surface area contributed by atoms with Crippen molar-refractivity contribution in [3.8, 4) is 17.5 Å². The van der Waals surface area contributed by atoms with Crippen molar-refractivity contribution in [1.82, 2.24) is 9.97 Å². The van der Waals surface area contributed by atoms with Gasteiger partial charge in [0.1, 0.15) is 23.3 Å². The number of nitrogens with one attached hydrogen (secondary N) is 1. The van der Waals surface area contributed by atoms with Crippen LogP contribution in [0.5, 0.6) is 0 Å². The molecule has 1 aromatic heterocycles. The first-order chi connectivity index (χ1) is 8.11. The average Bonchev–Trinajstić information content (AvgIpc) is 2.32. The molecule has 0 saturated carbocycles. The number of halogens is 1. The van der Waals surface area contributed by atoms with Gasteiger partial charge in [-0.2, -0.15) is 5.26 Å². The van der Waals surface area contributed by atoms with E-state index in [2.05, 4.69) is 9.97 Å². The molecule has 2 rings (SSSR count). The molecular formula is C12H8FN3O. The molecule has 0 radical (unpaired) electrons. The van der Waals surface area contributed by atoms with Crippen LogP contribution >= 0.6 is 0 Å². The number of nitriles is 1. The Morgan fingerprint density at radius 1 is 1.47 bits per heavy atom. The lowest BCUT2D eigenvalue weighted by atomic mass is 10.1. The van der Waals surface area contributed by atoms with Gasteiger partial charge in [0, 0.05) is 5.56 Å². The maximum absolute atomic E-state index is 13.1. The summed E-state index contributed by atoms with van der Waals surface area (Å²) in [6.07, 6.45) is 1.18. The molecule has 0 spiro atoms. The topological polar surface area (TPSA) is 69.5 Å². The van der Waals surface area contributed by atoms with Gasteiger partial charge in [-0.3, -0.25) is 4.79 Å². The van der Waals surface area contributed by atoms with Crippen LogP contribution < -0.4 is 5.56 Å². The summed E-state index contributed by atoms with van der Waals surface area (Å²) in [5.74, 6) is -0.149. The normalized spacial score (nSPS) is 9.94. The SMILES string of the molecule is Cc1ccc(F)cc1-c1ncc(C#N)c(=O)[nH]1. The van der Waals surface area contributed by atoms with Crippen molar-refractivity contribution >= 4 is 0 Å². The molecule has 0 aliphatic rings. The molecule has 2 aromatic rings.